The highest BCUT2D eigenvalue weighted by Gasteiger charge is 2.01. The fourth-order valence-electron chi connectivity index (χ4n) is 1.47. The highest BCUT2D eigenvalue weighted by atomic mass is 14.9. The molecule has 0 bridgehead atoms. The minimum atomic E-state index is 0.675. The molecule has 0 saturated heterocycles. The van der Waals surface area contributed by atoms with Gasteiger partial charge in [-0.1, -0.05) is 49.6 Å². The maximum Gasteiger partial charge on any atom is 0.159 e. The summed E-state index contributed by atoms with van der Waals surface area (Å²) in [7, 11) is 0. The second-order valence-corrected chi connectivity index (χ2v) is 3.31. The Bertz CT molecular complexity index is 568. The summed E-state index contributed by atoms with van der Waals surface area (Å²) >= 11 is 0. The predicted octanol–water partition coefficient (Wildman–Crippen LogP) is 3.39. The number of benzene rings is 1. The third kappa shape index (κ3) is 1.91. The molecule has 0 spiro atoms. The zero-order valence-electron chi connectivity index (χ0n) is 8.93. The quantitative estimate of drug-likeness (QED) is 0.722. The Morgan fingerprint density at radius 2 is 2.00 bits per heavy atom. The summed E-state index contributed by atoms with van der Waals surface area (Å²) in [4.78, 5) is 8.76. The maximum atomic E-state index is 4.47. The average molecular weight is 208 g/mol. The van der Waals surface area contributed by atoms with Crippen LogP contribution in [0.2, 0.25) is 0 Å². The van der Waals surface area contributed by atoms with E-state index >= 15 is 0 Å². The van der Waals surface area contributed by atoms with Crippen LogP contribution < -0.4 is 0 Å². The van der Waals surface area contributed by atoms with Crippen LogP contribution in [0, 0.1) is 0 Å². The van der Waals surface area contributed by atoms with Crippen LogP contribution in [0.5, 0.6) is 0 Å². The minimum Gasteiger partial charge on any atom is -0.236 e. The van der Waals surface area contributed by atoms with E-state index in [1.165, 1.54) is 0 Å². The van der Waals surface area contributed by atoms with Gasteiger partial charge in [-0.2, -0.15) is 0 Å². The van der Waals surface area contributed by atoms with Crippen LogP contribution in [0.25, 0.3) is 16.5 Å². The Labute approximate surface area is 94.7 Å². The van der Waals surface area contributed by atoms with Crippen molar-refractivity contribution in [2.24, 2.45) is 0 Å². The fourth-order valence-corrected chi connectivity index (χ4v) is 1.47. The summed E-state index contributed by atoms with van der Waals surface area (Å²) in [5.74, 6) is 0.675. The van der Waals surface area contributed by atoms with Crippen LogP contribution in [0.15, 0.2) is 61.8 Å². The van der Waals surface area contributed by atoms with Gasteiger partial charge < -0.3 is 0 Å². The van der Waals surface area contributed by atoms with Crippen molar-refractivity contribution in [1.82, 2.24) is 9.97 Å². The largest absolute Gasteiger partial charge is 0.236 e. The van der Waals surface area contributed by atoms with Gasteiger partial charge >= 0.3 is 0 Å². The zero-order chi connectivity index (χ0) is 11.4. The molecule has 1 aromatic heterocycles. The molecule has 0 fully saturated rings. The first-order valence-electron chi connectivity index (χ1n) is 5.02. The van der Waals surface area contributed by atoms with Gasteiger partial charge in [-0.3, -0.25) is 0 Å². The van der Waals surface area contributed by atoms with Gasteiger partial charge in [0.2, 0.25) is 0 Å². The van der Waals surface area contributed by atoms with E-state index < -0.39 is 0 Å². The molecule has 0 atom stereocenters. The van der Waals surface area contributed by atoms with Gasteiger partial charge in [0.25, 0.3) is 0 Å². The van der Waals surface area contributed by atoms with Gasteiger partial charge in [0, 0.05) is 17.2 Å². The van der Waals surface area contributed by atoms with Crippen molar-refractivity contribution in [2.45, 2.75) is 0 Å². The van der Waals surface area contributed by atoms with Gasteiger partial charge in [0.1, 0.15) is 0 Å². The van der Waals surface area contributed by atoms with Gasteiger partial charge in [0.05, 0.1) is 5.52 Å². The van der Waals surface area contributed by atoms with Gasteiger partial charge in [0.15, 0.2) is 5.82 Å². The van der Waals surface area contributed by atoms with Crippen molar-refractivity contribution >= 4 is 16.5 Å². The van der Waals surface area contributed by atoms with E-state index in [0.29, 0.717) is 5.82 Å². The molecule has 2 rings (SSSR count). The summed E-state index contributed by atoms with van der Waals surface area (Å²) in [5.41, 5.74) is 1.81. The molecule has 2 aromatic rings. The number of fused-ring (bicyclic) bond motifs is 1. The lowest BCUT2D eigenvalue weighted by Crippen LogP contribution is -1.92. The van der Waals surface area contributed by atoms with E-state index in [4.69, 9.17) is 0 Å². The van der Waals surface area contributed by atoms with E-state index in [1.807, 2.05) is 36.5 Å². The van der Waals surface area contributed by atoms with E-state index in [0.717, 1.165) is 16.5 Å². The summed E-state index contributed by atoms with van der Waals surface area (Å²) < 4.78 is 0. The number of rotatable bonds is 3. The summed E-state index contributed by atoms with van der Waals surface area (Å²) in [5, 5.41) is 1.04. The molecule has 0 amide bonds. The highest BCUT2D eigenvalue weighted by Crippen LogP contribution is 2.15. The number of hydrogen-bond donors (Lipinski definition) is 0. The Balaban J connectivity index is 2.58. The van der Waals surface area contributed by atoms with Crippen LogP contribution >= 0.6 is 0 Å². The molecular formula is C14H12N2. The van der Waals surface area contributed by atoms with Crippen LogP contribution in [-0.4, -0.2) is 9.97 Å². The van der Waals surface area contributed by atoms with E-state index in [9.17, 15) is 0 Å². The van der Waals surface area contributed by atoms with Crippen molar-refractivity contribution in [3.63, 3.8) is 0 Å². The smallest absolute Gasteiger partial charge is 0.159 e. The lowest BCUT2D eigenvalue weighted by Gasteiger charge is -2.01. The molecule has 0 unspecified atom stereocenters. The van der Waals surface area contributed by atoms with Crippen LogP contribution in [0.3, 0.4) is 0 Å². The Hall–Kier alpha value is -2.22. The van der Waals surface area contributed by atoms with Crippen LogP contribution in [0.4, 0.5) is 0 Å². The minimum absolute atomic E-state index is 0.675. The normalized spacial score (nSPS) is 11.4. The topological polar surface area (TPSA) is 25.8 Å². The van der Waals surface area contributed by atoms with E-state index in [1.54, 1.807) is 12.2 Å². The maximum absolute atomic E-state index is 4.47. The molecule has 0 saturated carbocycles. The average Bonchev–Trinajstić information content (AvgIpc) is 2.35. The van der Waals surface area contributed by atoms with Gasteiger partial charge in [-0.25, -0.2) is 9.97 Å². The molecule has 16 heavy (non-hydrogen) atoms. The van der Waals surface area contributed by atoms with Crippen molar-refractivity contribution in [2.75, 3.05) is 0 Å². The summed E-state index contributed by atoms with van der Waals surface area (Å²) in [6.07, 6.45) is 7.09. The lowest BCUT2D eigenvalue weighted by atomic mass is 10.2. The number of nitrogens with zero attached hydrogens (tertiary/aromatic N) is 2. The van der Waals surface area contributed by atoms with Crippen molar-refractivity contribution in [1.29, 1.82) is 0 Å². The molecule has 2 heteroatoms. The number of allylic oxidation sites excluding steroid dienone is 4. The van der Waals surface area contributed by atoms with Crippen molar-refractivity contribution in [3.8, 4) is 0 Å². The Morgan fingerprint density at radius 3 is 2.75 bits per heavy atom. The van der Waals surface area contributed by atoms with Crippen LogP contribution in [0.1, 0.15) is 5.82 Å². The fraction of sp³-hybridized carbons (Fsp3) is 0. The third-order valence-corrected chi connectivity index (χ3v) is 2.26. The molecule has 78 valence electrons. The first-order valence-corrected chi connectivity index (χ1v) is 5.02. The van der Waals surface area contributed by atoms with E-state index in [2.05, 4.69) is 23.1 Å². The number of hydrogen-bond acceptors (Lipinski definition) is 2. The Morgan fingerprint density at radius 1 is 1.19 bits per heavy atom. The Kier molecular flexibility index (Phi) is 2.92. The number of para-hydroxylation sites is 1. The molecule has 0 aliphatic rings. The molecule has 0 radical (unpaired) electrons. The first kappa shape index (κ1) is 10.3. The third-order valence-electron chi connectivity index (χ3n) is 2.26. The molecule has 0 aliphatic heterocycles. The predicted molar refractivity (Wildman–Crippen MR) is 67.9 cm³/mol. The standard InChI is InChI=1S/C14H12N2/c1-3-7-11(4-2)14-15-10-12-8-5-6-9-13(12)16-14/h3-10H,1-2H2/b11-7+. The SMILES string of the molecule is C=C/C=C(\C=C)c1ncc2ccccc2n1. The zero-order valence-corrected chi connectivity index (χ0v) is 8.93. The monoisotopic (exact) mass is 208 g/mol. The summed E-state index contributed by atoms with van der Waals surface area (Å²) in [6.45, 7) is 7.40. The molecule has 0 N–H and O–H groups in total. The van der Waals surface area contributed by atoms with Crippen molar-refractivity contribution in [3.05, 3.63) is 67.7 Å². The molecule has 1 aromatic carbocycles. The molecule has 1 heterocycles. The van der Waals surface area contributed by atoms with Gasteiger partial charge in [-0.15, -0.1) is 0 Å². The second-order valence-electron chi connectivity index (χ2n) is 3.31. The highest BCUT2D eigenvalue weighted by molar-refractivity contribution is 5.80. The van der Waals surface area contributed by atoms with E-state index in [-0.39, 0.29) is 0 Å². The second kappa shape index (κ2) is 4.53. The van der Waals surface area contributed by atoms with Crippen molar-refractivity contribution < 1.29 is 0 Å². The number of aromatic nitrogens is 2. The first-order chi connectivity index (χ1) is 7.85. The van der Waals surface area contributed by atoms with Gasteiger partial charge in [-0.05, 0) is 6.07 Å². The summed E-state index contributed by atoms with van der Waals surface area (Å²) in [6, 6.07) is 7.89. The molecule has 0 aliphatic carbocycles. The van der Waals surface area contributed by atoms with Crippen LogP contribution in [-0.2, 0) is 0 Å². The molecule has 2 nitrogen and oxygen atoms in total. The lowest BCUT2D eigenvalue weighted by molar-refractivity contribution is 1.17. The molecular weight excluding hydrogens is 196 g/mol.